The Hall–Kier alpha value is -4.13. The van der Waals surface area contributed by atoms with Crippen molar-refractivity contribution in [2.75, 3.05) is 5.01 Å². The third kappa shape index (κ3) is 4.05. The van der Waals surface area contributed by atoms with E-state index in [1.807, 2.05) is 56.3 Å². The first-order valence-corrected chi connectivity index (χ1v) is 11.0. The number of aryl methyl sites for hydroxylation is 2. The van der Waals surface area contributed by atoms with Gasteiger partial charge in [-0.1, -0.05) is 37.3 Å². The van der Waals surface area contributed by atoms with Gasteiger partial charge in [0.15, 0.2) is 0 Å². The highest BCUT2D eigenvalue weighted by Crippen LogP contribution is 2.30. The van der Waals surface area contributed by atoms with Gasteiger partial charge < -0.3 is 10.3 Å². The van der Waals surface area contributed by atoms with Gasteiger partial charge in [-0.15, -0.1) is 0 Å². The van der Waals surface area contributed by atoms with E-state index in [1.54, 1.807) is 5.01 Å². The van der Waals surface area contributed by atoms with Gasteiger partial charge in [0.1, 0.15) is 18.2 Å². The highest BCUT2D eigenvalue weighted by atomic mass is 15.5. The summed E-state index contributed by atoms with van der Waals surface area (Å²) in [5, 5.41) is 26.0. The highest BCUT2D eigenvalue weighted by molar-refractivity contribution is 6.11. The summed E-state index contributed by atoms with van der Waals surface area (Å²) in [6.45, 7) is 6.21. The van der Waals surface area contributed by atoms with E-state index in [0.717, 1.165) is 34.7 Å². The van der Waals surface area contributed by atoms with Gasteiger partial charge >= 0.3 is 0 Å². The van der Waals surface area contributed by atoms with E-state index in [9.17, 15) is 10.5 Å². The third-order valence-corrected chi connectivity index (χ3v) is 6.06. The van der Waals surface area contributed by atoms with E-state index in [-0.39, 0.29) is 0 Å². The van der Waals surface area contributed by atoms with Gasteiger partial charge in [-0.05, 0) is 67.8 Å². The lowest BCUT2D eigenvalue weighted by Crippen LogP contribution is -2.40. The molecule has 1 aromatic heterocycles. The second-order valence-electron chi connectivity index (χ2n) is 8.11. The molecular weight excluding hydrogens is 408 g/mol. The van der Waals surface area contributed by atoms with Crippen LogP contribution in [0.1, 0.15) is 29.4 Å². The quantitative estimate of drug-likeness (QED) is 0.580. The van der Waals surface area contributed by atoms with Gasteiger partial charge in [0.2, 0.25) is 0 Å². The highest BCUT2D eigenvalue weighted by Gasteiger charge is 2.37. The van der Waals surface area contributed by atoms with Crippen molar-refractivity contribution in [2.45, 2.75) is 33.4 Å². The minimum absolute atomic E-state index is 0.344. The Labute approximate surface area is 194 Å². The van der Waals surface area contributed by atoms with Crippen LogP contribution in [0.5, 0.6) is 0 Å². The lowest BCUT2D eigenvalue weighted by Gasteiger charge is -2.21. The molecular formula is C27H26N6. The molecule has 0 saturated carbocycles. The molecule has 0 aliphatic carbocycles. The molecule has 0 spiro atoms. The predicted molar refractivity (Wildman–Crippen MR) is 132 cm³/mol. The Morgan fingerprint density at radius 3 is 2.36 bits per heavy atom. The largest absolute Gasteiger partial charge is 0.318 e. The molecule has 4 rings (SSSR count). The molecule has 0 saturated heterocycles. The van der Waals surface area contributed by atoms with E-state index in [1.165, 1.54) is 5.56 Å². The van der Waals surface area contributed by atoms with Crippen molar-refractivity contribution in [1.29, 1.82) is 10.5 Å². The summed E-state index contributed by atoms with van der Waals surface area (Å²) >= 11 is 0. The van der Waals surface area contributed by atoms with Crippen LogP contribution < -0.4 is 10.7 Å². The Balaban J connectivity index is 1.75. The number of para-hydroxylation sites is 1. The molecule has 0 fully saturated rings. The fourth-order valence-corrected chi connectivity index (χ4v) is 4.25. The zero-order valence-corrected chi connectivity index (χ0v) is 19.0. The van der Waals surface area contributed by atoms with Crippen LogP contribution in [-0.2, 0) is 6.42 Å². The third-order valence-electron chi connectivity index (χ3n) is 6.06. The molecule has 6 heteroatoms. The number of hydrogen-bond acceptors (Lipinski definition) is 5. The van der Waals surface area contributed by atoms with Crippen LogP contribution in [0.3, 0.4) is 0 Å². The summed E-state index contributed by atoms with van der Waals surface area (Å²) in [7, 11) is 0. The molecule has 2 atom stereocenters. The Morgan fingerprint density at radius 1 is 1.06 bits per heavy atom. The molecule has 3 aromatic rings. The summed E-state index contributed by atoms with van der Waals surface area (Å²) in [5.74, 6) is -0.707. The standard InChI is InChI=1S/C27H26N6/c1-4-20-10-12-23(13-11-20)32-18(2)14-21(19(32)3)15-22(16-28)26-25(17-29)27(30)33(31-26)24-8-6-5-7-9-24/h5-15,25,27H,4,30H2,1-3H3/b22-15-/t25-,27+/m1/s1. The number of rotatable bonds is 5. The summed E-state index contributed by atoms with van der Waals surface area (Å²) in [4.78, 5) is 0. The summed E-state index contributed by atoms with van der Waals surface area (Å²) in [6, 6.07) is 24.5. The molecule has 1 aliphatic rings. The SMILES string of the molecule is CCc1ccc(-n2c(C)cc(/C=C(/C#N)C3=NN(c4ccccc4)[C@H](N)[C@@H]3C#N)c2C)cc1. The summed E-state index contributed by atoms with van der Waals surface area (Å²) in [6.07, 6.45) is 2.14. The maximum Gasteiger partial charge on any atom is 0.127 e. The average Bonchev–Trinajstić information content (AvgIpc) is 3.32. The van der Waals surface area contributed by atoms with E-state index >= 15 is 0 Å². The Kier molecular flexibility index (Phi) is 6.13. The van der Waals surface area contributed by atoms with Gasteiger partial charge in [0, 0.05) is 17.1 Å². The molecule has 0 unspecified atom stereocenters. The smallest absolute Gasteiger partial charge is 0.127 e. The number of hydrazone groups is 1. The van der Waals surface area contributed by atoms with Crippen molar-refractivity contribution in [2.24, 2.45) is 16.8 Å². The van der Waals surface area contributed by atoms with E-state index in [0.29, 0.717) is 11.3 Å². The van der Waals surface area contributed by atoms with Crippen molar-refractivity contribution < 1.29 is 0 Å². The first-order chi connectivity index (χ1) is 16.0. The summed E-state index contributed by atoms with van der Waals surface area (Å²) < 4.78 is 2.17. The lowest BCUT2D eigenvalue weighted by molar-refractivity contribution is 0.624. The van der Waals surface area contributed by atoms with E-state index in [4.69, 9.17) is 5.73 Å². The first kappa shape index (κ1) is 22.1. The van der Waals surface area contributed by atoms with Crippen molar-refractivity contribution in [3.63, 3.8) is 0 Å². The van der Waals surface area contributed by atoms with Crippen LogP contribution in [0.15, 0.2) is 71.3 Å². The zero-order chi connectivity index (χ0) is 23.5. The number of nitrogens with zero attached hydrogens (tertiary/aromatic N) is 5. The Bertz CT molecular complexity index is 1300. The van der Waals surface area contributed by atoms with Gasteiger partial charge in [0.05, 0.1) is 23.0 Å². The Morgan fingerprint density at radius 2 is 1.76 bits per heavy atom. The van der Waals surface area contributed by atoms with Crippen molar-refractivity contribution in [3.8, 4) is 17.8 Å². The molecule has 2 aromatic carbocycles. The normalized spacial score (nSPS) is 18.1. The second kappa shape index (κ2) is 9.16. The number of nitrogens with two attached hydrogens (primary N) is 1. The second-order valence-corrected chi connectivity index (χ2v) is 8.11. The van der Waals surface area contributed by atoms with Crippen LogP contribution >= 0.6 is 0 Å². The van der Waals surface area contributed by atoms with Crippen LogP contribution in [-0.4, -0.2) is 16.4 Å². The topological polar surface area (TPSA) is 94.1 Å². The molecule has 33 heavy (non-hydrogen) atoms. The minimum atomic E-state index is -0.707. The fourth-order valence-electron chi connectivity index (χ4n) is 4.25. The number of aromatic nitrogens is 1. The molecule has 0 bridgehead atoms. The van der Waals surface area contributed by atoms with Crippen molar-refractivity contribution in [1.82, 2.24) is 4.57 Å². The predicted octanol–water partition coefficient (Wildman–Crippen LogP) is 4.86. The fraction of sp³-hybridized carbons (Fsp3) is 0.222. The number of nitriles is 2. The molecule has 6 nitrogen and oxygen atoms in total. The monoisotopic (exact) mass is 434 g/mol. The average molecular weight is 435 g/mol. The molecule has 1 aliphatic heterocycles. The maximum atomic E-state index is 9.97. The van der Waals surface area contributed by atoms with E-state index in [2.05, 4.69) is 53.0 Å². The number of allylic oxidation sites excluding steroid dienone is 1. The van der Waals surface area contributed by atoms with Crippen molar-refractivity contribution in [3.05, 3.63) is 88.8 Å². The number of anilines is 1. The van der Waals surface area contributed by atoms with Gasteiger partial charge in [-0.3, -0.25) is 0 Å². The van der Waals surface area contributed by atoms with Gasteiger partial charge in [-0.2, -0.15) is 15.6 Å². The molecule has 2 heterocycles. The number of hydrogen-bond donors (Lipinski definition) is 1. The minimum Gasteiger partial charge on any atom is -0.318 e. The van der Waals surface area contributed by atoms with Crippen LogP contribution in [0, 0.1) is 42.4 Å². The molecule has 164 valence electrons. The van der Waals surface area contributed by atoms with Gasteiger partial charge in [-0.25, -0.2) is 5.01 Å². The lowest BCUT2D eigenvalue weighted by atomic mass is 9.95. The molecule has 0 amide bonds. The van der Waals surface area contributed by atoms with Crippen LogP contribution in [0.2, 0.25) is 0 Å². The molecule has 2 N–H and O–H groups in total. The maximum absolute atomic E-state index is 9.97. The van der Waals surface area contributed by atoms with Gasteiger partial charge in [0.25, 0.3) is 0 Å². The summed E-state index contributed by atoms with van der Waals surface area (Å²) in [5.41, 5.74) is 13.2. The first-order valence-electron chi connectivity index (χ1n) is 11.0. The van der Waals surface area contributed by atoms with Crippen LogP contribution in [0.4, 0.5) is 5.69 Å². The van der Waals surface area contributed by atoms with E-state index < -0.39 is 12.1 Å². The van der Waals surface area contributed by atoms with Crippen LogP contribution in [0.25, 0.3) is 11.8 Å². The number of benzene rings is 2. The zero-order valence-electron chi connectivity index (χ0n) is 19.0. The molecule has 0 radical (unpaired) electrons. The van der Waals surface area contributed by atoms with Crippen molar-refractivity contribution >= 4 is 17.5 Å².